The van der Waals surface area contributed by atoms with Gasteiger partial charge in [0.15, 0.2) is 0 Å². The molecule has 2 fully saturated rings. The molecule has 2 atom stereocenters. The van der Waals surface area contributed by atoms with Crippen LogP contribution in [0.4, 0.5) is 0 Å². The highest BCUT2D eigenvalue weighted by Gasteiger charge is 2.44. The van der Waals surface area contributed by atoms with E-state index in [1.807, 2.05) is 6.20 Å². The van der Waals surface area contributed by atoms with Crippen LogP contribution in [0.2, 0.25) is 0 Å². The molecule has 2 nitrogen and oxygen atoms in total. The van der Waals surface area contributed by atoms with E-state index in [0.29, 0.717) is 0 Å². The Kier molecular flexibility index (Phi) is 1.84. The van der Waals surface area contributed by atoms with Gasteiger partial charge in [0.25, 0.3) is 0 Å². The molecule has 2 heterocycles. The van der Waals surface area contributed by atoms with Gasteiger partial charge in [-0.25, -0.2) is 0 Å². The summed E-state index contributed by atoms with van der Waals surface area (Å²) in [5, 5.41) is 0. The first kappa shape index (κ1) is 8.42. The van der Waals surface area contributed by atoms with Crippen molar-refractivity contribution in [2.45, 2.75) is 19.9 Å². The first-order valence-corrected chi connectivity index (χ1v) is 5.45. The molecular formula is C12H16N2. The average Bonchev–Trinajstić information content (AvgIpc) is 2.79. The van der Waals surface area contributed by atoms with Crippen molar-refractivity contribution >= 4 is 0 Å². The minimum absolute atomic E-state index is 1.03. The number of fused-ring (bicyclic) bond motifs is 1. The first-order chi connectivity index (χ1) is 6.81. The second-order valence-corrected chi connectivity index (χ2v) is 4.78. The van der Waals surface area contributed by atoms with Crippen molar-refractivity contribution in [3.05, 3.63) is 29.6 Å². The maximum absolute atomic E-state index is 4.44. The number of aryl methyl sites for hydroxylation is 1. The molecule has 74 valence electrons. The molecule has 1 aliphatic carbocycles. The highest BCUT2D eigenvalue weighted by molar-refractivity contribution is 5.12. The topological polar surface area (TPSA) is 16.1 Å². The molecule has 0 bridgehead atoms. The van der Waals surface area contributed by atoms with Crippen LogP contribution in [-0.2, 0) is 6.54 Å². The number of likely N-dealkylation sites (tertiary alicyclic amines) is 1. The molecule has 3 rings (SSSR count). The number of rotatable bonds is 2. The van der Waals surface area contributed by atoms with Gasteiger partial charge in [0.2, 0.25) is 0 Å². The SMILES string of the molecule is Cc1ccc(CN2CC3CC3C2)nc1. The minimum atomic E-state index is 1.03. The Morgan fingerprint density at radius 2 is 2.14 bits per heavy atom. The molecule has 0 amide bonds. The molecule has 1 saturated carbocycles. The van der Waals surface area contributed by atoms with Gasteiger partial charge >= 0.3 is 0 Å². The molecular weight excluding hydrogens is 172 g/mol. The van der Waals surface area contributed by atoms with Gasteiger partial charge < -0.3 is 0 Å². The highest BCUT2D eigenvalue weighted by Crippen LogP contribution is 2.45. The fraction of sp³-hybridized carbons (Fsp3) is 0.583. The van der Waals surface area contributed by atoms with Crippen molar-refractivity contribution < 1.29 is 0 Å². The Hall–Kier alpha value is -0.890. The van der Waals surface area contributed by atoms with Gasteiger partial charge in [-0.2, -0.15) is 0 Å². The zero-order chi connectivity index (χ0) is 9.54. The third kappa shape index (κ3) is 1.55. The summed E-state index contributed by atoms with van der Waals surface area (Å²) in [6.07, 6.45) is 3.45. The van der Waals surface area contributed by atoms with Crippen LogP contribution in [-0.4, -0.2) is 23.0 Å². The van der Waals surface area contributed by atoms with Crippen LogP contribution in [0.3, 0.4) is 0 Å². The molecule has 0 spiro atoms. The van der Waals surface area contributed by atoms with Gasteiger partial charge in [0.05, 0.1) is 5.69 Å². The summed E-state index contributed by atoms with van der Waals surface area (Å²) in [6.45, 7) is 5.75. The molecule has 2 unspecified atom stereocenters. The molecule has 1 aliphatic heterocycles. The molecule has 1 aromatic rings. The summed E-state index contributed by atoms with van der Waals surface area (Å²) in [5.74, 6) is 2.06. The maximum atomic E-state index is 4.44. The van der Waals surface area contributed by atoms with E-state index >= 15 is 0 Å². The zero-order valence-electron chi connectivity index (χ0n) is 8.61. The van der Waals surface area contributed by atoms with E-state index in [0.717, 1.165) is 18.4 Å². The van der Waals surface area contributed by atoms with Gasteiger partial charge in [-0.05, 0) is 36.8 Å². The maximum Gasteiger partial charge on any atom is 0.0544 e. The molecule has 1 aromatic heterocycles. The molecule has 1 saturated heterocycles. The molecule has 0 radical (unpaired) electrons. The van der Waals surface area contributed by atoms with Crippen LogP contribution < -0.4 is 0 Å². The number of aromatic nitrogens is 1. The Bertz CT molecular complexity index is 321. The number of piperidine rings is 1. The monoisotopic (exact) mass is 188 g/mol. The molecule has 0 N–H and O–H groups in total. The number of pyridine rings is 1. The van der Waals surface area contributed by atoms with Crippen molar-refractivity contribution in [2.24, 2.45) is 11.8 Å². The van der Waals surface area contributed by atoms with Crippen molar-refractivity contribution in [3.63, 3.8) is 0 Å². The number of nitrogens with zero attached hydrogens (tertiary/aromatic N) is 2. The number of hydrogen-bond acceptors (Lipinski definition) is 2. The van der Waals surface area contributed by atoms with Gasteiger partial charge in [-0.3, -0.25) is 9.88 Å². The molecule has 2 heteroatoms. The molecule has 0 aromatic carbocycles. The largest absolute Gasteiger partial charge is 0.297 e. The van der Waals surface area contributed by atoms with Crippen LogP contribution in [0, 0.1) is 18.8 Å². The van der Waals surface area contributed by atoms with E-state index in [4.69, 9.17) is 0 Å². The Labute approximate surface area is 85.0 Å². The second-order valence-electron chi connectivity index (χ2n) is 4.78. The summed E-state index contributed by atoms with van der Waals surface area (Å²) >= 11 is 0. The third-order valence-electron chi connectivity index (χ3n) is 3.41. The lowest BCUT2D eigenvalue weighted by Crippen LogP contribution is -2.22. The second kappa shape index (κ2) is 3.06. The van der Waals surface area contributed by atoms with E-state index in [2.05, 4.69) is 28.9 Å². The minimum Gasteiger partial charge on any atom is -0.297 e. The fourth-order valence-corrected chi connectivity index (χ4v) is 2.45. The van der Waals surface area contributed by atoms with Crippen molar-refractivity contribution in [2.75, 3.05) is 13.1 Å². The predicted molar refractivity (Wildman–Crippen MR) is 55.8 cm³/mol. The smallest absolute Gasteiger partial charge is 0.0544 e. The quantitative estimate of drug-likeness (QED) is 0.704. The van der Waals surface area contributed by atoms with Gasteiger partial charge in [-0.1, -0.05) is 6.07 Å². The predicted octanol–water partition coefficient (Wildman–Crippen LogP) is 1.84. The Morgan fingerprint density at radius 3 is 2.79 bits per heavy atom. The Balaban J connectivity index is 1.64. The van der Waals surface area contributed by atoms with Crippen LogP contribution in [0.1, 0.15) is 17.7 Å². The van der Waals surface area contributed by atoms with Gasteiger partial charge in [0, 0.05) is 25.8 Å². The van der Waals surface area contributed by atoms with E-state index in [1.54, 1.807) is 0 Å². The number of hydrogen-bond donors (Lipinski definition) is 0. The normalized spacial score (nSPS) is 30.4. The lowest BCUT2D eigenvalue weighted by atomic mass is 10.2. The Morgan fingerprint density at radius 1 is 1.36 bits per heavy atom. The van der Waals surface area contributed by atoms with Crippen LogP contribution in [0.5, 0.6) is 0 Å². The summed E-state index contributed by atoms with van der Waals surface area (Å²) in [4.78, 5) is 6.98. The highest BCUT2D eigenvalue weighted by atomic mass is 15.2. The van der Waals surface area contributed by atoms with Crippen molar-refractivity contribution in [1.29, 1.82) is 0 Å². The van der Waals surface area contributed by atoms with Crippen LogP contribution in [0.25, 0.3) is 0 Å². The van der Waals surface area contributed by atoms with E-state index < -0.39 is 0 Å². The van der Waals surface area contributed by atoms with Crippen molar-refractivity contribution in [1.82, 2.24) is 9.88 Å². The molecule has 2 aliphatic rings. The zero-order valence-corrected chi connectivity index (χ0v) is 8.61. The van der Waals surface area contributed by atoms with E-state index in [-0.39, 0.29) is 0 Å². The van der Waals surface area contributed by atoms with Gasteiger partial charge in [0.1, 0.15) is 0 Å². The average molecular weight is 188 g/mol. The lowest BCUT2D eigenvalue weighted by molar-refractivity contribution is 0.293. The summed E-state index contributed by atoms with van der Waals surface area (Å²) in [5.41, 5.74) is 2.47. The van der Waals surface area contributed by atoms with E-state index in [9.17, 15) is 0 Å². The lowest BCUT2D eigenvalue weighted by Gasteiger charge is -2.16. The third-order valence-corrected chi connectivity index (χ3v) is 3.41. The van der Waals surface area contributed by atoms with E-state index in [1.165, 1.54) is 30.8 Å². The first-order valence-electron chi connectivity index (χ1n) is 5.45. The molecule has 14 heavy (non-hydrogen) atoms. The van der Waals surface area contributed by atoms with Crippen LogP contribution in [0.15, 0.2) is 18.3 Å². The summed E-state index contributed by atoms with van der Waals surface area (Å²) in [7, 11) is 0. The fourth-order valence-electron chi connectivity index (χ4n) is 2.45. The summed E-state index contributed by atoms with van der Waals surface area (Å²) < 4.78 is 0. The standard InChI is InChI=1S/C12H16N2/c1-9-2-3-12(13-5-9)8-14-6-10-4-11(10)7-14/h2-3,5,10-11H,4,6-8H2,1H3. The van der Waals surface area contributed by atoms with Crippen molar-refractivity contribution in [3.8, 4) is 0 Å². The van der Waals surface area contributed by atoms with Gasteiger partial charge in [-0.15, -0.1) is 0 Å². The van der Waals surface area contributed by atoms with Crippen LogP contribution >= 0.6 is 0 Å². The summed E-state index contributed by atoms with van der Waals surface area (Å²) in [6, 6.07) is 4.30.